The van der Waals surface area contributed by atoms with Crippen molar-refractivity contribution in [3.63, 3.8) is 0 Å². The summed E-state index contributed by atoms with van der Waals surface area (Å²) in [6.07, 6.45) is 0.742. The van der Waals surface area contributed by atoms with E-state index in [0.717, 1.165) is 30.7 Å². The summed E-state index contributed by atoms with van der Waals surface area (Å²) in [6.45, 7) is 0. The molecular weight excluding hydrogens is 337 g/mol. The fourth-order valence-corrected chi connectivity index (χ4v) is 4.00. The number of carbonyl (C=O) groups is 1. The van der Waals surface area contributed by atoms with Gasteiger partial charge in [0.1, 0.15) is 0 Å². The zero-order chi connectivity index (χ0) is 17.3. The molecule has 0 spiro atoms. The van der Waals surface area contributed by atoms with E-state index in [2.05, 4.69) is 16.9 Å². The number of halogens is 3. The molecule has 0 saturated heterocycles. The number of hydrogen-bond donors (Lipinski definition) is 0. The van der Waals surface area contributed by atoms with Crippen LogP contribution in [0, 0.1) is 17.8 Å². The van der Waals surface area contributed by atoms with Gasteiger partial charge < -0.3 is 0 Å². The summed E-state index contributed by atoms with van der Waals surface area (Å²) in [5.41, 5.74) is 0.283. The molecule has 2 aliphatic rings. The lowest BCUT2D eigenvalue weighted by Crippen LogP contribution is -2.41. The monoisotopic (exact) mass is 354 g/mol. The van der Waals surface area contributed by atoms with Gasteiger partial charge in [-0.1, -0.05) is 25.2 Å². The minimum absolute atomic E-state index is 0.0712. The number of carbonyl (C=O) groups excluding carboxylic acids is 1. The van der Waals surface area contributed by atoms with E-state index in [0.29, 0.717) is 9.75 Å². The van der Waals surface area contributed by atoms with Gasteiger partial charge in [0, 0.05) is 13.0 Å². The van der Waals surface area contributed by atoms with Crippen LogP contribution in [0.3, 0.4) is 0 Å². The van der Waals surface area contributed by atoms with Crippen LogP contribution >= 0.6 is 11.3 Å². The lowest BCUT2D eigenvalue weighted by molar-refractivity contribution is -0.164. The molecule has 128 valence electrons. The molecule has 7 heteroatoms. The highest BCUT2D eigenvalue weighted by atomic mass is 32.1. The van der Waals surface area contributed by atoms with E-state index in [-0.39, 0.29) is 17.4 Å². The van der Waals surface area contributed by atoms with E-state index >= 15 is 0 Å². The minimum atomic E-state index is -4.44. The van der Waals surface area contributed by atoms with E-state index in [1.807, 2.05) is 0 Å². The molecule has 3 nitrogen and oxygen atoms in total. The van der Waals surface area contributed by atoms with Crippen molar-refractivity contribution in [3.05, 3.63) is 21.9 Å². The van der Waals surface area contributed by atoms with Gasteiger partial charge in [-0.2, -0.15) is 18.3 Å². The van der Waals surface area contributed by atoms with Crippen LogP contribution in [-0.2, 0) is 0 Å². The first-order chi connectivity index (χ1) is 11.4. The van der Waals surface area contributed by atoms with Gasteiger partial charge >= 0.3 is 6.18 Å². The standard InChI is InChI=1S/C17H17F3N2OS/c1-22-15(17(18,19)20)10-7-12(21-22)13-8-9-14(24-13)16(23)11-5-3-2-4-6-11/h8-9,11,15H,2-6H2,1H3. The van der Waals surface area contributed by atoms with Crippen LogP contribution in [0.15, 0.2) is 17.2 Å². The van der Waals surface area contributed by atoms with E-state index in [4.69, 9.17) is 0 Å². The molecule has 1 aromatic heterocycles. The molecule has 0 amide bonds. The van der Waals surface area contributed by atoms with Crippen LogP contribution in [0.1, 0.15) is 46.7 Å². The van der Waals surface area contributed by atoms with Crippen LogP contribution in [0.4, 0.5) is 13.2 Å². The van der Waals surface area contributed by atoms with Crippen molar-refractivity contribution in [2.75, 3.05) is 7.05 Å². The summed E-state index contributed by atoms with van der Waals surface area (Å²) < 4.78 is 38.3. The Labute approximate surface area is 142 Å². The third kappa shape index (κ3) is 3.48. The Morgan fingerprint density at radius 2 is 2.00 bits per heavy atom. The molecule has 1 unspecified atom stereocenters. The van der Waals surface area contributed by atoms with Gasteiger partial charge in [-0.15, -0.1) is 11.3 Å². The normalized spacial score (nSPS) is 21.9. The second kappa shape index (κ2) is 6.60. The van der Waals surface area contributed by atoms with Crippen LogP contribution < -0.4 is 0 Å². The van der Waals surface area contributed by atoms with Crippen LogP contribution in [0.25, 0.3) is 0 Å². The second-order valence-electron chi connectivity index (χ2n) is 6.10. The Morgan fingerprint density at radius 3 is 2.62 bits per heavy atom. The van der Waals surface area contributed by atoms with Crippen LogP contribution in [0.5, 0.6) is 0 Å². The second-order valence-corrected chi connectivity index (χ2v) is 7.18. The molecule has 1 aliphatic heterocycles. The molecule has 0 aromatic carbocycles. The molecule has 3 rings (SSSR count). The number of Topliss-reactive ketones (excluding diaryl/α,β-unsaturated/α-hetero) is 1. The molecule has 1 saturated carbocycles. The third-order valence-corrected chi connectivity index (χ3v) is 5.43. The van der Waals surface area contributed by atoms with Crippen molar-refractivity contribution in [2.45, 2.75) is 44.3 Å². The number of thiophene rings is 1. The summed E-state index contributed by atoms with van der Waals surface area (Å²) >= 11 is 1.26. The molecule has 0 bridgehead atoms. The smallest absolute Gasteiger partial charge is 0.293 e. The van der Waals surface area contributed by atoms with Crippen molar-refractivity contribution >= 4 is 22.8 Å². The highest BCUT2D eigenvalue weighted by Gasteiger charge is 2.42. The summed E-state index contributed by atoms with van der Waals surface area (Å²) in [5.74, 6) is 4.90. The lowest BCUT2D eigenvalue weighted by atomic mass is 9.86. The number of ketones is 1. The molecule has 1 aromatic rings. The summed E-state index contributed by atoms with van der Waals surface area (Å²) in [4.78, 5) is 13.8. The first kappa shape index (κ1) is 17.0. The van der Waals surface area contributed by atoms with Crippen LogP contribution in [0.2, 0.25) is 0 Å². The first-order valence-electron chi connectivity index (χ1n) is 7.90. The molecule has 1 atom stereocenters. The quantitative estimate of drug-likeness (QED) is 0.605. The van der Waals surface area contributed by atoms with Gasteiger partial charge in [0.05, 0.1) is 9.75 Å². The fourth-order valence-electron chi connectivity index (χ4n) is 3.04. The first-order valence-corrected chi connectivity index (χ1v) is 8.72. The number of hydrogen-bond acceptors (Lipinski definition) is 4. The molecule has 2 heterocycles. The molecular formula is C17H17F3N2OS. The predicted molar refractivity (Wildman–Crippen MR) is 87.1 cm³/mol. The van der Waals surface area contributed by atoms with Gasteiger partial charge in [0.25, 0.3) is 0 Å². The molecule has 1 fully saturated rings. The minimum Gasteiger partial charge on any atom is -0.293 e. The van der Waals surface area contributed by atoms with Gasteiger partial charge in [0.15, 0.2) is 11.5 Å². The average molecular weight is 354 g/mol. The Bertz CT molecular complexity index is 720. The van der Waals surface area contributed by atoms with E-state index in [1.165, 1.54) is 24.8 Å². The lowest BCUT2D eigenvalue weighted by Gasteiger charge is -2.25. The third-order valence-electron chi connectivity index (χ3n) is 4.33. The summed E-state index contributed by atoms with van der Waals surface area (Å²) in [5, 5.41) is 4.77. The largest absolute Gasteiger partial charge is 0.421 e. The number of hydrazone groups is 1. The maximum atomic E-state index is 12.8. The maximum absolute atomic E-state index is 12.8. The van der Waals surface area contributed by atoms with Crippen molar-refractivity contribution in [1.29, 1.82) is 0 Å². The number of nitrogens with zero attached hydrogens (tertiary/aromatic N) is 2. The molecule has 24 heavy (non-hydrogen) atoms. The zero-order valence-corrected chi connectivity index (χ0v) is 14.0. The molecule has 0 N–H and O–H groups in total. The SMILES string of the molecule is CN1N=C(c2ccc(C(=O)C3CCCCC3)s2)C#CC1C(F)(F)F. The highest BCUT2D eigenvalue weighted by molar-refractivity contribution is 7.16. The van der Waals surface area contributed by atoms with Gasteiger partial charge in [0.2, 0.25) is 6.04 Å². The average Bonchev–Trinajstić information content (AvgIpc) is 3.03. The Morgan fingerprint density at radius 1 is 1.29 bits per heavy atom. The Hall–Kier alpha value is -1.81. The number of alkyl halides is 3. The van der Waals surface area contributed by atoms with Crippen molar-refractivity contribution in [3.8, 4) is 11.8 Å². The van der Waals surface area contributed by atoms with Gasteiger partial charge in [-0.05, 0) is 30.9 Å². The van der Waals surface area contributed by atoms with E-state index in [1.54, 1.807) is 12.1 Å². The van der Waals surface area contributed by atoms with Crippen molar-refractivity contribution in [1.82, 2.24) is 5.01 Å². The molecule has 1 aliphatic carbocycles. The van der Waals surface area contributed by atoms with Crippen molar-refractivity contribution < 1.29 is 18.0 Å². The Kier molecular flexibility index (Phi) is 4.68. The fraction of sp³-hybridized carbons (Fsp3) is 0.529. The predicted octanol–water partition coefficient (Wildman–Crippen LogP) is 4.09. The summed E-state index contributed by atoms with van der Waals surface area (Å²) in [7, 11) is 1.26. The molecule has 0 radical (unpaired) electrons. The topological polar surface area (TPSA) is 32.7 Å². The van der Waals surface area contributed by atoms with E-state index < -0.39 is 12.2 Å². The van der Waals surface area contributed by atoms with Gasteiger partial charge in [-0.3, -0.25) is 9.80 Å². The van der Waals surface area contributed by atoms with Crippen LogP contribution in [-0.4, -0.2) is 35.8 Å². The number of rotatable bonds is 3. The highest BCUT2D eigenvalue weighted by Crippen LogP contribution is 2.30. The summed E-state index contributed by atoms with van der Waals surface area (Å²) in [6, 6.07) is 1.57. The Balaban J connectivity index is 1.76. The van der Waals surface area contributed by atoms with Crippen molar-refractivity contribution in [2.24, 2.45) is 11.0 Å². The van der Waals surface area contributed by atoms with E-state index in [9.17, 15) is 18.0 Å². The van der Waals surface area contributed by atoms with Gasteiger partial charge in [-0.25, -0.2) is 0 Å². The zero-order valence-electron chi connectivity index (χ0n) is 13.2. The maximum Gasteiger partial charge on any atom is 0.421 e.